The Morgan fingerprint density at radius 1 is 1.35 bits per heavy atom. The molecule has 1 aromatic heterocycles. The standard InChI is InChI=1S/C8H4ClF3N4O/c9-5-2-1-4(8(10,11)12)3-6(5)16-7(17)13-14-15-16/h1-3H,(H,13,15,17). The zero-order valence-corrected chi connectivity index (χ0v) is 8.75. The van der Waals surface area contributed by atoms with Crippen molar-refractivity contribution in [2.75, 3.05) is 0 Å². The minimum Gasteiger partial charge on any atom is -0.244 e. The third-order valence-corrected chi connectivity index (χ3v) is 2.29. The summed E-state index contributed by atoms with van der Waals surface area (Å²) >= 11 is 5.70. The molecule has 0 radical (unpaired) electrons. The number of tetrazole rings is 1. The summed E-state index contributed by atoms with van der Waals surface area (Å²) in [5.74, 6) is 0. The van der Waals surface area contributed by atoms with Crippen molar-refractivity contribution in [3.05, 3.63) is 39.3 Å². The number of H-pyrrole nitrogens is 1. The first-order valence-corrected chi connectivity index (χ1v) is 4.65. The van der Waals surface area contributed by atoms with Gasteiger partial charge in [0.15, 0.2) is 0 Å². The molecule has 2 aromatic rings. The van der Waals surface area contributed by atoms with Gasteiger partial charge in [0.1, 0.15) is 0 Å². The van der Waals surface area contributed by atoms with Gasteiger partial charge in [0.25, 0.3) is 0 Å². The molecule has 0 aliphatic carbocycles. The maximum Gasteiger partial charge on any atom is 0.416 e. The Labute approximate surface area is 96.8 Å². The number of nitrogens with one attached hydrogen (secondary N) is 1. The van der Waals surface area contributed by atoms with Gasteiger partial charge in [0.05, 0.1) is 16.3 Å². The van der Waals surface area contributed by atoms with Gasteiger partial charge in [-0.25, -0.2) is 9.89 Å². The van der Waals surface area contributed by atoms with Crippen LogP contribution in [-0.4, -0.2) is 20.2 Å². The van der Waals surface area contributed by atoms with Gasteiger partial charge in [-0.15, -0.1) is 0 Å². The summed E-state index contributed by atoms with van der Waals surface area (Å²) in [6, 6.07) is 2.59. The third kappa shape index (κ3) is 2.16. The molecule has 90 valence electrons. The quantitative estimate of drug-likeness (QED) is 0.851. The van der Waals surface area contributed by atoms with E-state index in [0.29, 0.717) is 4.68 Å². The Balaban J connectivity index is 2.63. The maximum absolute atomic E-state index is 12.5. The van der Waals surface area contributed by atoms with Crippen LogP contribution in [0, 0.1) is 0 Å². The molecule has 0 unspecified atom stereocenters. The molecule has 0 bridgehead atoms. The van der Waals surface area contributed by atoms with E-state index in [4.69, 9.17) is 11.6 Å². The predicted octanol–water partition coefficient (Wildman–Crippen LogP) is 1.63. The van der Waals surface area contributed by atoms with E-state index in [-0.39, 0.29) is 10.7 Å². The summed E-state index contributed by atoms with van der Waals surface area (Å²) in [5.41, 5.74) is -1.88. The number of aromatic nitrogens is 4. The van der Waals surface area contributed by atoms with Crippen LogP contribution in [0.5, 0.6) is 0 Å². The van der Waals surface area contributed by atoms with E-state index in [2.05, 4.69) is 10.4 Å². The van der Waals surface area contributed by atoms with Crippen molar-refractivity contribution in [2.45, 2.75) is 6.18 Å². The third-order valence-electron chi connectivity index (χ3n) is 1.97. The summed E-state index contributed by atoms with van der Waals surface area (Å²) in [5, 5.41) is 8.41. The molecule has 1 N–H and O–H groups in total. The summed E-state index contributed by atoms with van der Waals surface area (Å²) in [4.78, 5) is 11.2. The van der Waals surface area contributed by atoms with Crippen LogP contribution in [-0.2, 0) is 6.18 Å². The molecule has 0 saturated carbocycles. The molecule has 2 rings (SSSR count). The Morgan fingerprint density at radius 3 is 2.59 bits per heavy atom. The molecular formula is C8H4ClF3N4O. The molecule has 1 aromatic carbocycles. The van der Waals surface area contributed by atoms with Gasteiger partial charge < -0.3 is 0 Å². The van der Waals surface area contributed by atoms with Crippen LogP contribution >= 0.6 is 11.6 Å². The minimum atomic E-state index is -4.52. The number of hydrogen-bond donors (Lipinski definition) is 1. The minimum absolute atomic E-state index is 0.0333. The number of hydrogen-bond acceptors (Lipinski definition) is 3. The molecule has 0 fully saturated rings. The van der Waals surface area contributed by atoms with Crippen LogP contribution in [0.4, 0.5) is 13.2 Å². The number of alkyl halides is 3. The number of rotatable bonds is 1. The van der Waals surface area contributed by atoms with Crippen molar-refractivity contribution in [3.8, 4) is 5.69 Å². The average Bonchev–Trinajstić information content (AvgIpc) is 2.63. The second kappa shape index (κ2) is 3.88. The molecule has 0 amide bonds. The van der Waals surface area contributed by atoms with E-state index in [1.165, 1.54) is 0 Å². The summed E-state index contributed by atoms with van der Waals surface area (Å²) in [6.45, 7) is 0. The Morgan fingerprint density at radius 2 is 2.06 bits per heavy atom. The lowest BCUT2D eigenvalue weighted by Crippen LogP contribution is -2.17. The smallest absolute Gasteiger partial charge is 0.244 e. The SMILES string of the molecule is O=c1[nH]nnn1-c1cc(C(F)(F)F)ccc1Cl. The summed E-state index contributed by atoms with van der Waals surface area (Å²) in [7, 11) is 0. The summed E-state index contributed by atoms with van der Waals surface area (Å²) < 4.78 is 38.1. The van der Waals surface area contributed by atoms with Crippen LogP contribution < -0.4 is 5.69 Å². The summed E-state index contributed by atoms with van der Waals surface area (Å²) in [6.07, 6.45) is -4.52. The Hall–Kier alpha value is -1.83. The highest BCUT2D eigenvalue weighted by Gasteiger charge is 2.31. The highest BCUT2D eigenvalue weighted by atomic mass is 35.5. The molecule has 1 heterocycles. The highest BCUT2D eigenvalue weighted by molar-refractivity contribution is 6.32. The lowest BCUT2D eigenvalue weighted by Gasteiger charge is -2.09. The van der Waals surface area contributed by atoms with Gasteiger partial charge in [-0.05, 0) is 28.6 Å². The largest absolute Gasteiger partial charge is 0.416 e. The van der Waals surface area contributed by atoms with E-state index >= 15 is 0 Å². The molecule has 9 heteroatoms. The molecule has 0 saturated heterocycles. The van der Waals surface area contributed by atoms with Crippen molar-refractivity contribution >= 4 is 11.6 Å². The Kier molecular flexibility index (Phi) is 2.66. The second-order valence-electron chi connectivity index (χ2n) is 3.08. The number of halogens is 4. The topological polar surface area (TPSA) is 63.6 Å². The highest BCUT2D eigenvalue weighted by Crippen LogP contribution is 2.32. The monoisotopic (exact) mass is 264 g/mol. The number of nitrogens with zero attached hydrogens (tertiary/aromatic N) is 3. The molecule has 0 spiro atoms. The molecular weight excluding hydrogens is 261 g/mol. The van der Waals surface area contributed by atoms with Crippen molar-refractivity contribution < 1.29 is 13.2 Å². The van der Waals surface area contributed by atoms with Crippen molar-refractivity contribution in [2.24, 2.45) is 0 Å². The molecule has 0 aliphatic heterocycles. The van der Waals surface area contributed by atoms with Gasteiger partial charge in [-0.1, -0.05) is 11.6 Å². The lowest BCUT2D eigenvalue weighted by atomic mass is 10.2. The fourth-order valence-electron chi connectivity index (χ4n) is 1.21. The van der Waals surface area contributed by atoms with Crippen LogP contribution in [0.25, 0.3) is 5.69 Å². The zero-order chi connectivity index (χ0) is 12.6. The number of benzene rings is 1. The number of aromatic amines is 1. The lowest BCUT2D eigenvalue weighted by molar-refractivity contribution is -0.137. The van der Waals surface area contributed by atoms with Gasteiger partial charge in [-0.3, -0.25) is 0 Å². The Bertz CT molecular complexity index is 603. The maximum atomic E-state index is 12.5. The molecule has 17 heavy (non-hydrogen) atoms. The van der Waals surface area contributed by atoms with E-state index < -0.39 is 17.4 Å². The first kappa shape index (κ1) is 11.6. The first-order chi connectivity index (χ1) is 7.89. The second-order valence-corrected chi connectivity index (χ2v) is 3.49. The first-order valence-electron chi connectivity index (χ1n) is 4.27. The fraction of sp³-hybridized carbons (Fsp3) is 0.125. The molecule has 0 atom stereocenters. The van der Waals surface area contributed by atoms with Gasteiger partial charge >= 0.3 is 11.9 Å². The zero-order valence-electron chi connectivity index (χ0n) is 7.99. The average molecular weight is 265 g/mol. The predicted molar refractivity (Wildman–Crippen MR) is 52.0 cm³/mol. The van der Waals surface area contributed by atoms with Crippen LogP contribution in [0.15, 0.2) is 23.0 Å². The fourth-order valence-corrected chi connectivity index (χ4v) is 1.40. The van der Waals surface area contributed by atoms with E-state index in [9.17, 15) is 18.0 Å². The van der Waals surface area contributed by atoms with E-state index in [0.717, 1.165) is 18.2 Å². The van der Waals surface area contributed by atoms with Crippen LogP contribution in [0.3, 0.4) is 0 Å². The normalized spacial score (nSPS) is 11.8. The van der Waals surface area contributed by atoms with Crippen molar-refractivity contribution in [3.63, 3.8) is 0 Å². The van der Waals surface area contributed by atoms with E-state index in [1.807, 2.05) is 5.10 Å². The molecule has 0 aliphatic rings. The van der Waals surface area contributed by atoms with Crippen LogP contribution in [0.1, 0.15) is 5.56 Å². The van der Waals surface area contributed by atoms with Gasteiger partial charge in [0.2, 0.25) is 0 Å². The van der Waals surface area contributed by atoms with Crippen molar-refractivity contribution in [1.82, 2.24) is 20.2 Å². The van der Waals surface area contributed by atoms with Gasteiger partial charge in [-0.2, -0.15) is 17.9 Å². The molecule has 5 nitrogen and oxygen atoms in total. The van der Waals surface area contributed by atoms with E-state index in [1.54, 1.807) is 0 Å². The van der Waals surface area contributed by atoms with Crippen molar-refractivity contribution in [1.29, 1.82) is 0 Å². The van der Waals surface area contributed by atoms with Gasteiger partial charge in [0, 0.05) is 0 Å². The van der Waals surface area contributed by atoms with Crippen LogP contribution in [0.2, 0.25) is 5.02 Å².